The van der Waals surface area contributed by atoms with Crippen LogP contribution in [0.2, 0.25) is 0 Å². The minimum atomic E-state index is -0.154. The maximum absolute atomic E-state index is 11.9. The van der Waals surface area contributed by atoms with Gasteiger partial charge in [0.15, 0.2) is 0 Å². The monoisotopic (exact) mass is 304 g/mol. The fourth-order valence-electron chi connectivity index (χ4n) is 2.08. The number of carbonyl (C=O) groups is 1. The average molecular weight is 304 g/mol. The molecule has 1 atom stereocenters. The normalized spacial score (nSPS) is 12.0. The third kappa shape index (κ3) is 4.53. The fraction of sp³-hybridized carbons (Fsp3) is 0.400. The second-order valence-electron chi connectivity index (χ2n) is 4.89. The fourth-order valence-corrected chi connectivity index (χ4v) is 3.01. The maximum atomic E-state index is 11.9. The molecule has 0 aliphatic heterocycles. The van der Waals surface area contributed by atoms with Crippen LogP contribution in [0.1, 0.15) is 34.1 Å². The van der Waals surface area contributed by atoms with Crippen LogP contribution in [0.3, 0.4) is 0 Å². The van der Waals surface area contributed by atoms with Gasteiger partial charge >= 0.3 is 6.03 Å². The van der Waals surface area contributed by atoms with Crippen molar-refractivity contribution in [3.05, 3.63) is 45.7 Å². The number of carbonyl (C=O) groups excluding carboxylic acids is 1. The zero-order valence-electron chi connectivity index (χ0n) is 12.5. The van der Waals surface area contributed by atoms with Gasteiger partial charge in [0, 0.05) is 30.2 Å². The summed E-state index contributed by atoms with van der Waals surface area (Å²) < 4.78 is 0. The van der Waals surface area contributed by atoms with E-state index in [1.165, 1.54) is 4.88 Å². The van der Waals surface area contributed by atoms with Gasteiger partial charge in [-0.05, 0) is 38.5 Å². The molecular weight excluding hydrogens is 284 g/mol. The molecule has 6 heteroatoms. The van der Waals surface area contributed by atoms with Crippen LogP contribution < -0.4 is 10.6 Å². The molecule has 0 bridgehead atoms. The van der Waals surface area contributed by atoms with Crippen molar-refractivity contribution in [1.82, 2.24) is 20.6 Å². The number of aromatic nitrogens is 2. The summed E-state index contributed by atoms with van der Waals surface area (Å²) in [6.45, 7) is 6.56. The Bertz CT molecular complexity index is 597. The highest BCUT2D eigenvalue weighted by Gasteiger charge is 2.09. The van der Waals surface area contributed by atoms with Crippen LogP contribution in [0.15, 0.2) is 24.5 Å². The lowest BCUT2D eigenvalue weighted by atomic mass is 10.1. The van der Waals surface area contributed by atoms with E-state index in [0.717, 1.165) is 22.7 Å². The van der Waals surface area contributed by atoms with Crippen LogP contribution in [0.25, 0.3) is 0 Å². The first-order chi connectivity index (χ1) is 10.1. The van der Waals surface area contributed by atoms with Crippen molar-refractivity contribution in [3.63, 3.8) is 0 Å². The first-order valence-corrected chi connectivity index (χ1v) is 7.75. The summed E-state index contributed by atoms with van der Waals surface area (Å²) >= 11 is 1.69. The van der Waals surface area contributed by atoms with E-state index in [1.807, 2.05) is 32.9 Å². The molecule has 0 saturated heterocycles. The largest absolute Gasteiger partial charge is 0.338 e. The molecule has 0 aromatic carbocycles. The molecule has 2 aromatic rings. The number of rotatable bonds is 5. The minimum absolute atomic E-state index is 0.0413. The van der Waals surface area contributed by atoms with Gasteiger partial charge in [-0.25, -0.2) is 9.78 Å². The molecule has 0 aliphatic carbocycles. The van der Waals surface area contributed by atoms with Crippen LogP contribution >= 0.6 is 11.3 Å². The van der Waals surface area contributed by atoms with Gasteiger partial charge in [-0.1, -0.05) is 0 Å². The predicted octanol–water partition coefficient (Wildman–Crippen LogP) is 2.76. The van der Waals surface area contributed by atoms with E-state index in [1.54, 1.807) is 23.7 Å². The summed E-state index contributed by atoms with van der Waals surface area (Å²) in [5, 5.41) is 6.86. The summed E-state index contributed by atoms with van der Waals surface area (Å²) in [5.41, 5.74) is 2.10. The summed E-state index contributed by atoms with van der Waals surface area (Å²) in [6.07, 6.45) is 4.26. The number of amides is 2. The third-order valence-electron chi connectivity index (χ3n) is 3.19. The van der Waals surface area contributed by atoms with E-state index < -0.39 is 0 Å². The number of thiazole rings is 1. The second kappa shape index (κ2) is 7.17. The molecule has 1 unspecified atom stereocenters. The summed E-state index contributed by atoms with van der Waals surface area (Å²) in [6, 6.07) is 3.60. The highest BCUT2D eigenvalue weighted by Crippen LogP contribution is 2.17. The molecule has 2 aromatic heterocycles. The molecule has 2 N–H and O–H groups in total. The smallest absolute Gasteiger partial charge is 0.315 e. The van der Waals surface area contributed by atoms with Crippen LogP contribution in [0.5, 0.6) is 0 Å². The topological polar surface area (TPSA) is 66.9 Å². The highest BCUT2D eigenvalue weighted by molar-refractivity contribution is 7.11. The Kier molecular flexibility index (Phi) is 5.27. The van der Waals surface area contributed by atoms with Crippen molar-refractivity contribution >= 4 is 17.4 Å². The Balaban J connectivity index is 1.76. The Morgan fingerprint density at radius 3 is 2.67 bits per heavy atom. The number of hydrogen-bond acceptors (Lipinski definition) is 4. The lowest BCUT2D eigenvalue weighted by molar-refractivity contribution is 0.238. The highest BCUT2D eigenvalue weighted by atomic mass is 32.1. The molecule has 2 amide bonds. The Labute approximate surface area is 128 Å². The van der Waals surface area contributed by atoms with Crippen molar-refractivity contribution in [2.24, 2.45) is 0 Å². The standard InChI is InChI=1S/C15H20N4OS/c1-10(13-4-7-16-8-5-13)19-15(20)17-9-6-14-11(2)18-12(3)21-14/h4-5,7-8,10H,6,9H2,1-3H3,(H2,17,19,20). The molecule has 0 aliphatic rings. The number of nitrogens with one attached hydrogen (secondary N) is 2. The van der Waals surface area contributed by atoms with Gasteiger partial charge < -0.3 is 10.6 Å². The summed E-state index contributed by atoms with van der Waals surface area (Å²) in [4.78, 5) is 21.4. The lowest BCUT2D eigenvalue weighted by Crippen LogP contribution is -2.38. The molecule has 21 heavy (non-hydrogen) atoms. The summed E-state index contributed by atoms with van der Waals surface area (Å²) in [5.74, 6) is 0. The molecule has 0 radical (unpaired) electrons. The Morgan fingerprint density at radius 2 is 2.05 bits per heavy atom. The molecule has 0 spiro atoms. The van der Waals surface area contributed by atoms with Gasteiger partial charge in [-0.3, -0.25) is 4.98 Å². The van der Waals surface area contributed by atoms with Crippen LogP contribution in [0.4, 0.5) is 4.79 Å². The molecule has 0 fully saturated rings. The maximum Gasteiger partial charge on any atom is 0.315 e. The van der Waals surface area contributed by atoms with Crippen LogP contribution in [-0.4, -0.2) is 22.5 Å². The van der Waals surface area contributed by atoms with Gasteiger partial charge in [0.05, 0.1) is 16.7 Å². The van der Waals surface area contributed by atoms with Gasteiger partial charge in [0.25, 0.3) is 0 Å². The average Bonchev–Trinajstić information content (AvgIpc) is 2.78. The van der Waals surface area contributed by atoms with Gasteiger partial charge in [0.2, 0.25) is 0 Å². The minimum Gasteiger partial charge on any atom is -0.338 e. The number of nitrogens with zero attached hydrogens (tertiary/aromatic N) is 2. The molecule has 2 heterocycles. The van der Waals surface area contributed by atoms with Crippen LogP contribution in [0, 0.1) is 13.8 Å². The van der Waals surface area contributed by atoms with Crippen molar-refractivity contribution in [1.29, 1.82) is 0 Å². The third-order valence-corrected chi connectivity index (χ3v) is 4.32. The lowest BCUT2D eigenvalue weighted by Gasteiger charge is -2.14. The first-order valence-electron chi connectivity index (χ1n) is 6.93. The van der Waals surface area contributed by atoms with Crippen molar-refractivity contribution in [3.8, 4) is 0 Å². The molecule has 5 nitrogen and oxygen atoms in total. The van der Waals surface area contributed by atoms with E-state index in [4.69, 9.17) is 0 Å². The number of aryl methyl sites for hydroxylation is 2. The first kappa shape index (κ1) is 15.4. The molecule has 0 saturated carbocycles. The number of hydrogen-bond donors (Lipinski definition) is 2. The van der Waals surface area contributed by atoms with Crippen molar-refractivity contribution in [2.45, 2.75) is 33.2 Å². The van der Waals surface area contributed by atoms with E-state index in [-0.39, 0.29) is 12.1 Å². The van der Waals surface area contributed by atoms with Gasteiger partial charge in [-0.15, -0.1) is 11.3 Å². The van der Waals surface area contributed by atoms with E-state index >= 15 is 0 Å². The predicted molar refractivity (Wildman–Crippen MR) is 84.5 cm³/mol. The van der Waals surface area contributed by atoms with Gasteiger partial charge in [-0.2, -0.15) is 0 Å². The van der Waals surface area contributed by atoms with Gasteiger partial charge in [0.1, 0.15) is 0 Å². The SMILES string of the molecule is Cc1nc(C)c(CCNC(=O)NC(C)c2ccncc2)s1. The second-order valence-corrected chi connectivity index (χ2v) is 6.18. The molecule has 2 rings (SSSR count). The number of pyridine rings is 1. The summed E-state index contributed by atoms with van der Waals surface area (Å²) in [7, 11) is 0. The zero-order valence-corrected chi connectivity index (χ0v) is 13.3. The molecular formula is C15H20N4OS. The van der Waals surface area contributed by atoms with E-state index in [2.05, 4.69) is 20.6 Å². The quantitative estimate of drug-likeness (QED) is 0.892. The Morgan fingerprint density at radius 1 is 1.33 bits per heavy atom. The zero-order chi connectivity index (χ0) is 15.2. The van der Waals surface area contributed by atoms with E-state index in [9.17, 15) is 4.79 Å². The van der Waals surface area contributed by atoms with Crippen LogP contribution in [-0.2, 0) is 6.42 Å². The molecule has 112 valence electrons. The van der Waals surface area contributed by atoms with E-state index in [0.29, 0.717) is 6.54 Å². The van der Waals surface area contributed by atoms with Crippen molar-refractivity contribution in [2.75, 3.05) is 6.54 Å². The van der Waals surface area contributed by atoms with Crippen molar-refractivity contribution < 1.29 is 4.79 Å². The Hall–Kier alpha value is -1.95. The number of urea groups is 1.